The van der Waals surface area contributed by atoms with Gasteiger partial charge in [-0.15, -0.1) is 0 Å². The molecule has 1 N–H and O–H groups in total. The van der Waals surface area contributed by atoms with Crippen LogP contribution in [0.3, 0.4) is 0 Å². The molecule has 162 valence electrons. The highest BCUT2D eigenvalue weighted by Gasteiger charge is 2.30. The van der Waals surface area contributed by atoms with E-state index >= 15 is 0 Å². The molecule has 30 heavy (non-hydrogen) atoms. The van der Waals surface area contributed by atoms with E-state index < -0.39 is 18.0 Å². The van der Waals surface area contributed by atoms with Gasteiger partial charge in [0, 0.05) is 32.7 Å². The standard InChI is InChI=1S/C21H23F3N2O4/c22-21(23,24)16-2-4-17(5-3-16)30-20(27)13-26-9-7-25(8-10-26)12-15-1-6-18-19(11-15)29-14-28-18/h1-6,11,20,27H,7-10,12-14H2/t20-/m0/s1. The number of nitrogens with zero attached hydrogens (tertiary/aromatic N) is 2. The molecule has 0 unspecified atom stereocenters. The first-order valence-electron chi connectivity index (χ1n) is 9.72. The maximum atomic E-state index is 12.6. The highest BCUT2D eigenvalue weighted by atomic mass is 19.4. The van der Waals surface area contributed by atoms with Gasteiger partial charge in [-0.25, -0.2) is 0 Å². The van der Waals surface area contributed by atoms with Gasteiger partial charge in [0.15, 0.2) is 11.5 Å². The number of aliphatic hydroxyl groups excluding tert-OH is 1. The van der Waals surface area contributed by atoms with Crippen LogP contribution in [0.2, 0.25) is 0 Å². The molecule has 1 saturated heterocycles. The van der Waals surface area contributed by atoms with E-state index in [1.807, 2.05) is 18.2 Å². The van der Waals surface area contributed by atoms with Crippen LogP contribution in [-0.4, -0.2) is 60.7 Å². The average Bonchev–Trinajstić information content (AvgIpc) is 3.17. The van der Waals surface area contributed by atoms with Gasteiger partial charge in [0.05, 0.1) is 12.1 Å². The lowest BCUT2D eigenvalue weighted by Crippen LogP contribution is -2.48. The van der Waals surface area contributed by atoms with Crippen LogP contribution < -0.4 is 14.2 Å². The number of rotatable bonds is 6. The minimum Gasteiger partial charge on any atom is -0.464 e. The van der Waals surface area contributed by atoms with Gasteiger partial charge in [-0.05, 0) is 42.0 Å². The minimum absolute atomic E-state index is 0.206. The predicted molar refractivity (Wildman–Crippen MR) is 102 cm³/mol. The zero-order chi connectivity index (χ0) is 21.1. The highest BCUT2D eigenvalue weighted by molar-refractivity contribution is 5.44. The molecule has 0 aliphatic carbocycles. The maximum absolute atomic E-state index is 12.6. The van der Waals surface area contributed by atoms with E-state index in [9.17, 15) is 18.3 Å². The molecule has 9 heteroatoms. The van der Waals surface area contributed by atoms with Gasteiger partial charge in [-0.2, -0.15) is 13.2 Å². The Morgan fingerprint density at radius 1 is 0.933 bits per heavy atom. The smallest absolute Gasteiger partial charge is 0.416 e. The molecule has 0 saturated carbocycles. The zero-order valence-corrected chi connectivity index (χ0v) is 16.3. The summed E-state index contributed by atoms with van der Waals surface area (Å²) in [7, 11) is 0. The fourth-order valence-electron chi connectivity index (χ4n) is 3.57. The molecule has 0 amide bonds. The zero-order valence-electron chi connectivity index (χ0n) is 16.3. The Kier molecular flexibility index (Phi) is 6.03. The number of hydrogen-bond donors (Lipinski definition) is 1. The van der Waals surface area contributed by atoms with Gasteiger partial charge in [0.2, 0.25) is 13.1 Å². The van der Waals surface area contributed by atoms with Crippen molar-refractivity contribution < 1.29 is 32.5 Å². The van der Waals surface area contributed by atoms with E-state index in [4.69, 9.17) is 14.2 Å². The number of piperazine rings is 1. The van der Waals surface area contributed by atoms with Crippen LogP contribution in [0.4, 0.5) is 13.2 Å². The average molecular weight is 424 g/mol. The number of β-amino-alcohol motifs (C(OH)–C–C–N with tert-alkyl or cyclic N) is 1. The van der Waals surface area contributed by atoms with Crippen molar-refractivity contribution in [1.29, 1.82) is 0 Å². The largest absolute Gasteiger partial charge is 0.464 e. The number of halogens is 3. The molecule has 0 spiro atoms. The summed E-state index contributed by atoms with van der Waals surface area (Å²) in [6, 6.07) is 10.3. The van der Waals surface area contributed by atoms with Crippen molar-refractivity contribution in [3.8, 4) is 17.2 Å². The quantitative estimate of drug-likeness (QED) is 0.720. The van der Waals surface area contributed by atoms with Crippen molar-refractivity contribution in [2.75, 3.05) is 39.5 Å². The molecular weight excluding hydrogens is 401 g/mol. The minimum atomic E-state index is -4.39. The summed E-state index contributed by atoms with van der Waals surface area (Å²) in [6.07, 6.45) is -5.50. The summed E-state index contributed by atoms with van der Waals surface area (Å²) in [6.45, 7) is 4.54. The van der Waals surface area contributed by atoms with Crippen LogP contribution in [0, 0.1) is 0 Å². The number of ether oxygens (including phenoxy) is 3. The van der Waals surface area contributed by atoms with E-state index in [1.165, 1.54) is 12.1 Å². The molecule has 2 heterocycles. The lowest BCUT2D eigenvalue weighted by Gasteiger charge is -2.35. The summed E-state index contributed by atoms with van der Waals surface area (Å²) in [5.41, 5.74) is 0.404. The van der Waals surface area contributed by atoms with Gasteiger partial charge in [0.1, 0.15) is 5.75 Å². The fraction of sp³-hybridized carbons (Fsp3) is 0.429. The second-order valence-electron chi connectivity index (χ2n) is 7.36. The Bertz CT molecular complexity index is 852. The molecule has 6 nitrogen and oxygen atoms in total. The van der Waals surface area contributed by atoms with Crippen molar-refractivity contribution in [3.05, 3.63) is 53.6 Å². The Morgan fingerprint density at radius 3 is 2.30 bits per heavy atom. The topological polar surface area (TPSA) is 54.4 Å². The SMILES string of the molecule is O[C@H](CN1CCN(Cc2ccc3c(c2)OCO3)CC1)Oc1ccc(C(F)(F)F)cc1. The third-order valence-corrected chi connectivity index (χ3v) is 5.18. The summed E-state index contributed by atoms with van der Waals surface area (Å²) in [5, 5.41) is 10.1. The Labute approximate surface area is 172 Å². The third-order valence-electron chi connectivity index (χ3n) is 5.18. The van der Waals surface area contributed by atoms with E-state index in [2.05, 4.69) is 9.80 Å². The number of fused-ring (bicyclic) bond motifs is 1. The molecule has 2 aliphatic rings. The number of alkyl halides is 3. The second-order valence-corrected chi connectivity index (χ2v) is 7.36. The fourth-order valence-corrected chi connectivity index (χ4v) is 3.57. The molecular formula is C21H23F3N2O4. The van der Waals surface area contributed by atoms with Crippen molar-refractivity contribution in [3.63, 3.8) is 0 Å². The van der Waals surface area contributed by atoms with Crippen LogP contribution in [0.25, 0.3) is 0 Å². The molecule has 1 fully saturated rings. The number of aliphatic hydroxyl groups is 1. The molecule has 4 rings (SSSR count). The summed E-state index contributed by atoms with van der Waals surface area (Å²) < 4.78 is 53.9. The van der Waals surface area contributed by atoms with Gasteiger partial charge in [-0.1, -0.05) is 6.07 Å². The Hall–Kier alpha value is -2.49. The number of benzene rings is 2. The van der Waals surface area contributed by atoms with E-state index in [1.54, 1.807) is 0 Å². The van der Waals surface area contributed by atoms with E-state index in [0.29, 0.717) is 6.54 Å². The van der Waals surface area contributed by atoms with Crippen LogP contribution in [0.15, 0.2) is 42.5 Å². The first kappa shape index (κ1) is 20.8. The number of hydrogen-bond acceptors (Lipinski definition) is 6. The first-order chi connectivity index (χ1) is 14.4. The van der Waals surface area contributed by atoms with Crippen molar-refractivity contribution in [1.82, 2.24) is 9.80 Å². The highest BCUT2D eigenvalue weighted by Crippen LogP contribution is 2.33. The molecule has 0 bridgehead atoms. The molecule has 0 radical (unpaired) electrons. The summed E-state index contributed by atoms with van der Waals surface area (Å²) in [4.78, 5) is 4.39. The van der Waals surface area contributed by atoms with Crippen LogP contribution >= 0.6 is 0 Å². The first-order valence-corrected chi connectivity index (χ1v) is 9.72. The predicted octanol–water partition coefficient (Wildman–Crippen LogP) is 2.95. The Balaban J connectivity index is 1.21. The van der Waals surface area contributed by atoms with Crippen LogP contribution in [0.5, 0.6) is 17.2 Å². The lowest BCUT2D eigenvalue weighted by atomic mass is 10.1. The van der Waals surface area contributed by atoms with Gasteiger partial charge >= 0.3 is 6.18 Å². The van der Waals surface area contributed by atoms with Crippen LogP contribution in [-0.2, 0) is 12.7 Å². The maximum Gasteiger partial charge on any atom is 0.416 e. The van der Waals surface area contributed by atoms with Gasteiger partial charge in [0.25, 0.3) is 0 Å². The molecule has 2 aromatic rings. The van der Waals surface area contributed by atoms with Crippen molar-refractivity contribution in [2.24, 2.45) is 0 Å². The van der Waals surface area contributed by atoms with E-state index in [-0.39, 0.29) is 12.5 Å². The summed E-state index contributed by atoms with van der Waals surface area (Å²) in [5.74, 6) is 1.75. The lowest BCUT2D eigenvalue weighted by molar-refractivity contribution is -0.137. The molecule has 0 aromatic heterocycles. The monoisotopic (exact) mass is 424 g/mol. The summed E-state index contributed by atoms with van der Waals surface area (Å²) >= 11 is 0. The molecule has 2 aromatic carbocycles. The molecule has 1 atom stereocenters. The molecule has 2 aliphatic heterocycles. The van der Waals surface area contributed by atoms with Gasteiger partial charge in [-0.3, -0.25) is 9.80 Å². The van der Waals surface area contributed by atoms with Crippen molar-refractivity contribution >= 4 is 0 Å². The second kappa shape index (κ2) is 8.71. The van der Waals surface area contributed by atoms with E-state index in [0.717, 1.165) is 61.9 Å². The van der Waals surface area contributed by atoms with Crippen LogP contribution in [0.1, 0.15) is 11.1 Å². The van der Waals surface area contributed by atoms with Crippen molar-refractivity contribution in [2.45, 2.75) is 19.0 Å². The van der Waals surface area contributed by atoms with Gasteiger partial charge < -0.3 is 19.3 Å². The normalized spacial score (nSPS) is 18.4. The third kappa shape index (κ3) is 5.16. The Morgan fingerprint density at radius 2 is 1.60 bits per heavy atom.